The van der Waals surface area contributed by atoms with E-state index in [4.69, 9.17) is 11.3 Å². The molecule has 1 fully saturated rings. The van der Waals surface area contributed by atoms with Crippen LogP contribution in [0.1, 0.15) is 22.6 Å². The largest absolute Gasteiger partial charge is 0.490 e. The van der Waals surface area contributed by atoms with E-state index in [9.17, 15) is 18.4 Å². The number of carbonyl (C=O) groups excluding carboxylic acids is 2. The first-order valence-electron chi connectivity index (χ1n) is 9.88. The highest BCUT2D eigenvalue weighted by molar-refractivity contribution is 6.02. The molecule has 3 heterocycles. The average Bonchev–Trinajstić information content (AvgIpc) is 3.09. The molecule has 2 aromatic rings. The van der Waals surface area contributed by atoms with Crippen molar-refractivity contribution in [3.05, 3.63) is 47.2 Å². The van der Waals surface area contributed by atoms with Gasteiger partial charge in [-0.1, -0.05) is 6.07 Å². The van der Waals surface area contributed by atoms with Gasteiger partial charge in [0.2, 0.25) is 5.82 Å². The summed E-state index contributed by atoms with van der Waals surface area (Å²) in [5.74, 6) is -3.55. The van der Waals surface area contributed by atoms with Crippen LogP contribution in [0, 0.1) is 13.5 Å². The maximum Gasteiger partial charge on any atom is 0.289 e. The minimum atomic E-state index is -2.81. The highest BCUT2D eigenvalue weighted by atomic mass is 19.3. The first-order chi connectivity index (χ1) is 15.2. The Bertz CT molecular complexity index is 1130. The lowest BCUT2D eigenvalue weighted by Gasteiger charge is -2.21. The number of benzene rings is 1. The van der Waals surface area contributed by atoms with Crippen LogP contribution in [0.2, 0.25) is 0 Å². The summed E-state index contributed by atoms with van der Waals surface area (Å²) in [5, 5.41) is 2.57. The number of hydrogen-bond acceptors (Lipinski definition) is 6. The van der Waals surface area contributed by atoms with Crippen LogP contribution < -0.4 is 19.9 Å². The Morgan fingerprint density at radius 3 is 2.88 bits per heavy atom. The number of ether oxygens (including phenoxy) is 1. The van der Waals surface area contributed by atoms with Gasteiger partial charge >= 0.3 is 0 Å². The van der Waals surface area contributed by atoms with E-state index in [-0.39, 0.29) is 31.2 Å². The summed E-state index contributed by atoms with van der Waals surface area (Å²) >= 11 is 0. The second-order valence-electron chi connectivity index (χ2n) is 7.73. The van der Waals surface area contributed by atoms with Gasteiger partial charge in [-0.15, -0.1) is 0 Å². The molecule has 32 heavy (non-hydrogen) atoms. The SMILES string of the molecule is [C-]#[N+]c1ccc2c(c1)OC[C@H](NC(=O)c1ncc(C)c(N3CCC(F)(F)C3)n1)C(=O)N2C. The standard InChI is InChI=1S/C21H20F2N6O3/c1-12-9-25-17(27-18(12)29-7-6-21(22,23)11-29)19(30)26-14-10-32-16-8-13(24-2)4-5-15(16)28(3)20(14)31/h4-5,8-9,14H,6-7,10-11H2,1,3H3,(H,26,30)/t14-/m0/s1. The molecule has 1 aromatic heterocycles. The zero-order valence-electron chi connectivity index (χ0n) is 17.4. The zero-order valence-corrected chi connectivity index (χ0v) is 17.4. The summed E-state index contributed by atoms with van der Waals surface area (Å²) in [6.07, 6.45) is 1.11. The fourth-order valence-electron chi connectivity index (χ4n) is 3.67. The number of alkyl halides is 2. The molecule has 0 unspecified atom stereocenters. The fourth-order valence-corrected chi connectivity index (χ4v) is 3.67. The lowest BCUT2D eigenvalue weighted by atomic mass is 10.2. The van der Waals surface area contributed by atoms with Gasteiger partial charge in [0.25, 0.3) is 17.7 Å². The predicted molar refractivity (Wildman–Crippen MR) is 111 cm³/mol. The predicted octanol–water partition coefficient (Wildman–Crippen LogP) is 2.34. The van der Waals surface area contributed by atoms with Crippen LogP contribution in [-0.4, -0.2) is 60.5 Å². The van der Waals surface area contributed by atoms with E-state index in [1.165, 1.54) is 22.1 Å². The third kappa shape index (κ3) is 4.03. The van der Waals surface area contributed by atoms with Crippen LogP contribution >= 0.6 is 0 Å². The zero-order chi connectivity index (χ0) is 23.0. The molecule has 1 aromatic carbocycles. The van der Waals surface area contributed by atoms with E-state index in [0.717, 1.165) is 0 Å². The van der Waals surface area contributed by atoms with Crippen molar-refractivity contribution in [2.45, 2.75) is 25.3 Å². The van der Waals surface area contributed by atoms with Crippen molar-refractivity contribution >= 4 is 29.0 Å². The van der Waals surface area contributed by atoms with Gasteiger partial charge in [0.1, 0.15) is 24.2 Å². The normalized spacial score (nSPS) is 19.6. The van der Waals surface area contributed by atoms with E-state index in [1.807, 2.05) is 0 Å². The Hall–Kier alpha value is -3.81. The average molecular weight is 442 g/mol. The monoisotopic (exact) mass is 442 g/mol. The molecule has 2 amide bonds. The molecule has 1 N–H and O–H groups in total. The maximum atomic E-state index is 13.6. The van der Waals surface area contributed by atoms with Gasteiger partial charge in [0.05, 0.1) is 18.8 Å². The topological polar surface area (TPSA) is 92.0 Å². The molecule has 2 aliphatic rings. The number of nitrogens with one attached hydrogen (secondary N) is 1. The third-order valence-electron chi connectivity index (χ3n) is 5.39. The fraction of sp³-hybridized carbons (Fsp3) is 0.381. The second-order valence-corrected chi connectivity index (χ2v) is 7.73. The van der Waals surface area contributed by atoms with Crippen LogP contribution in [0.25, 0.3) is 4.85 Å². The molecular formula is C21H20F2N6O3. The summed E-state index contributed by atoms with van der Waals surface area (Å²) in [6, 6.07) is 3.67. The Labute approximate surface area is 182 Å². The molecule has 0 spiro atoms. The molecule has 2 aliphatic heterocycles. The third-order valence-corrected chi connectivity index (χ3v) is 5.39. The highest BCUT2D eigenvalue weighted by Gasteiger charge is 2.39. The summed E-state index contributed by atoms with van der Waals surface area (Å²) in [4.78, 5) is 40.0. The first-order valence-corrected chi connectivity index (χ1v) is 9.88. The number of anilines is 2. The molecule has 166 valence electrons. The molecule has 1 atom stereocenters. The summed E-state index contributed by atoms with van der Waals surface area (Å²) in [7, 11) is 1.54. The van der Waals surface area contributed by atoms with Gasteiger partial charge in [0, 0.05) is 31.8 Å². The van der Waals surface area contributed by atoms with E-state index in [2.05, 4.69) is 20.1 Å². The van der Waals surface area contributed by atoms with Gasteiger partial charge in [-0.25, -0.2) is 23.6 Å². The molecule has 4 rings (SSSR count). The molecule has 9 nitrogen and oxygen atoms in total. The smallest absolute Gasteiger partial charge is 0.289 e. The van der Waals surface area contributed by atoms with Gasteiger partial charge < -0.3 is 19.9 Å². The number of amides is 2. The van der Waals surface area contributed by atoms with Crippen LogP contribution in [0.5, 0.6) is 5.75 Å². The quantitative estimate of drug-likeness (QED) is 0.734. The van der Waals surface area contributed by atoms with Crippen molar-refractivity contribution in [1.29, 1.82) is 0 Å². The number of hydrogen-bond donors (Lipinski definition) is 1. The minimum Gasteiger partial charge on any atom is -0.490 e. The molecule has 0 aliphatic carbocycles. The van der Waals surface area contributed by atoms with Crippen molar-refractivity contribution < 1.29 is 23.1 Å². The molecule has 1 saturated heterocycles. The number of aromatic nitrogens is 2. The lowest BCUT2D eigenvalue weighted by molar-refractivity contribution is -0.120. The van der Waals surface area contributed by atoms with Gasteiger partial charge in [-0.3, -0.25) is 9.59 Å². The van der Waals surface area contributed by atoms with E-state index >= 15 is 0 Å². The molecule has 0 bridgehead atoms. The van der Waals surface area contributed by atoms with Crippen molar-refractivity contribution in [3.63, 3.8) is 0 Å². The number of carbonyl (C=O) groups is 2. The van der Waals surface area contributed by atoms with E-state index in [0.29, 0.717) is 22.7 Å². The van der Waals surface area contributed by atoms with Crippen molar-refractivity contribution in [1.82, 2.24) is 15.3 Å². The Balaban J connectivity index is 1.52. The van der Waals surface area contributed by atoms with Crippen LogP contribution in [0.3, 0.4) is 0 Å². The molecular weight excluding hydrogens is 422 g/mol. The summed E-state index contributed by atoms with van der Waals surface area (Å²) in [5.41, 5.74) is 1.40. The van der Waals surface area contributed by atoms with Crippen LogP contribution in [0.15, 0.2) is 24.4 Å². The number of nitrogens with zero attached hydrogens (tertiary/aromatic N) is 5. The Morgan fingerprint density at radius 2 is 2.19 bits per heavy atom. The summed E-state index contributed by atoms with van der Waals surface area (Å²) < 4.78 is 32.9. The molecule has 11 heteroatoms. The van der Waals surface area contributed by atoms with Crippen molar-refractivity contribution in [2.75, 3.05) is 36.5 Å². The Morgan fingerprint density at radius 1 is 1.41 bits per heavy atom. The number of rotatable bonds is 3. The lowest BCUT2D eigenvalue weighted by Crippen LogP contribution is -2.49. The second kappa shape index (κ2) is 8.03. The van der Waals surface area contributed by atoms with Crippen molar-refractivity contribution in [3.8, 4) is 5.75 Å². The molecule has 0 radical (unpaired) electrons. The van der Waals surface area contributed by atoms with Gasteiger partial charge in [0.15, 0.2) is 5.69 Å². The van der Waals surface area contributed by atoms with Crippen LogP contribution in [0.4, 0.5) is 26.0 Å². The Kier molecular flexibility index (Phi) is 5.38. The van der Waals surface area contributed by atoms with E-state index in [1.54, 1.807) is 26.1 Å². The van der Waals surface area contributed by atoms with Gasteiger partial charge in [-0.05, 0) is 19.1 Å². The van der Waals surface area contributed by atoms with Gasteiger partial charge in [-0.2, -0.15) is 0 Å². The number of fused-ring (bicyclic) bond motifs is 1. The minimum absolute atomic E-state index is 0.122. The highest BCUT2D eigenvalue weighted by Crippen LogP contribution is 2.34. The molecule has 0 saturated carbocycles. The van der Waals surface area contributed by atoms with E-state index < -0.39 is 30.3 Å². The number of aryl methyl sites for hydroxylation is 1. The van der Waals surface area contributed by atoms with Crippen molar-refractivity contribution in [2.24, 2.45) is 0 Å². The first kappa shape index (κ1) is 21.4. The maximum absolute atomic E-state index is 13.6. The summed E-state index contributed by atoms with van der Waals surface area (Å²) in [6.45, 7) is 8.30. The number of halogens is 2. The number of likely N-dealkylation sites (N-methyl/N-ethyl adjacent to an activating group) is 1. The van der Waals surface area contributed by atoms with Crippen LogP contribution in [-0.2, 0) is 4.79 Å².